The highest BCUT2D eigenvalue weighted by Crippen LogP contribution is 2.33. The van der Waals surface area contributed by atoms with Crippen LogP contribution in [0.25, 0.3) is 0 Å². The van der Waals surface area contributed by atoms with E-state index in [0.29, 0.717) is 11.8 Å². The van der Waals surface area contributed by atoms with Crippen molar-refractivity contribution in [3.8, 4) is 0 Å². The molecule has 0 aliphatic carbocycles. The highest BCUT2D eigenvalue weighted by Gasteiger charge is 2.28. The minimum absolute atomic E-state index is 0.0574. The molecule has 0 spiro atoms. The summed E-state index contributed by atoms with van der Waals surface area (Å²) in [5.41, 5.74) is 1.28. The molecule has 3 rings (SSSR count). The molecule has 0 saturated carbocycles. The Morgan fingerprint density at radius 3 is 2.65 bits per heavy atom. The summed E-state index contributed by atoms with van der Waals surface area (Å²) >= 11 is 0. The van der Waals surface area contributed by atoms with Crippen LogP contribution in [-0.4, -0.2) is 16.0 Å². The Balaban J connectivity index is 1.88. The molecular weight excluding hydrogens is 286 g/mol. The minimum Gasteiger partial charge on any atom is -0.462 e. The van der Waals surface area contributed by atoms with Gasteiger partial charge in [-0.3, -0.25) is 4.90 Å². The molecule has 2 atom stereocenters. The SMILES string of the molecule is C=CC[C@@H]1CC=C[C@@H](c2ccccc2)N1Cc1ccc(CO)o1. The first-order chi connectivity index (χ1) is 11.3. The number of rotatable bonds is 6. The van der Waals surface area contributed by atoms with Gasteiger partial charge in [-0.25, -0.2) is 0 Å². The number of hydrogen-bond acceptors (Lipinski definition) is 3. The second-order valence-electron chi connectivity index (χ2n) is 5.90. The molecule has 1 aromatic carbocycles. The van der Waals surface area contributed by atoms with E-state index < -0.39 is 0 Å². The van der Waals surface area contributed by atoms with E-state index >= 15 is 0 Å². The molecule has 23 heavy (non-hydrogen) atoms. The third-order valence-corrected chi connectivity index (χ3v) is 4.34. The zero-order valence-electron chi connectivity index (χ0n) is 13.3. The number of hydrogen-bond donors (Lipinski definition) is 1. The Morgan fingerprint density at radius 1 is 1.17 bits per heavy atom. The average Bonchev–Trinajstić information content (AvgIpc) is 3.05. The van der Waals surface area contributed by atoms with E-state index in [4.69, 9.17) is 4.42 Å². The Hall–Kier alpha value is -2.10. The van der Waals surface area contributed by atoms with Crippen molar-refractivity contribution in [1.82, 2.24) is 4.90 Å². The standard InChI is InChI=1S/C20H23NO2/c1-2-7-17-10-6-11-20(16-8-4-3-5-9-16)21(17)14-18-12-13-19(15-22)23-18/h2-6,8-9,11-13,17,20,22H,1,7,10,14-15H2/t17-,20+/m1/s1. The van der Waals surface area contributed by atoms with Gasteiger partial charge in [-0.15, -0.1) is 6.58 Å². The Kier molecular flexibility index (Phi) is 5.11. The first kappa shape index (κ1) is 15.8. The molecule has 0 bridgehead atoms. The van der Waals surface area contributed by atoms with Crippen molar-refractivity contribution in [2.75, 3.05) is 0 Å². The average molecular weight is 309 g/mol. The summed E-state index contributed by atoms with van der Waals surface area (Å²) in [6, 6.07) is 15.0. The molecule has 0 saturated heterocycles. The van der Waals surface area contributed by atoms with Crippen LogP contribution < -0.4 is 0 Å². The highest BCUT2D eigenvalue weighted by atomic mass is 16.4. The minimum atomic E-state index is -0.0574. The van der Waals surface area contributed by atoms with Gasteiger partial charge < -0.3 is 9.52 Å². The quantitative estimate of drug-likeness (QED) is 0.812. The second-order valence-corrected chi connectivity index (χ2v) is 5.90. The number of benzene rings is 1. The zero-order chi connectivity index (χ0) is 16.1. The highest BCUT2D eigenvalue weighted by molar-refractivity contribution is 5.25. The Labute approximate surface area is 137 Å². The normalized spacial score (nSPS) is 21.4. The van der Waals surface area contributed by atoms with E-state index in [9.17, 15) is 5.11 Å². The van der Waals surface area contributed by atoms with Crippen LogP contribution >= 0.6 is 0 Å². The van der Waals surface area contributed by atoms with Gasteiger partial charge in [0.05, 0.1) is 12.6 Å². The lowest BCUT2D eigenvalue weighted by Crippen LogP contribution is -2.39. The van der Waals surface area contributed by atoms with Crippen LogP contribution in [0.1, 0.15) is 36.0 Å². The predicted molar refractivity (Wildman–Crippen MR) is 91.7 cm³/mol. The summed E-state index contributed by atoms with van der Waals surface area (Å²) in [5, 5.41) is 9.19. The van der Waals surface area contributed by atoms with Gasteiger partial charge in [0.1, 0.15) is 18.1 Å². The third kappa shape index (κ3) is 3.63. The maximum absolute atomic E-state index is 9.19. The van der Waals surface area contributed by atoms with E-state index in [2.05, 4.69) is 47.9 Å². The second kappa shape index (κ2) is 7.44. The first-order valence-electron chi connectivity index (χ1n) is 8.08. The third-order valence-electron chi connectivity index (χ3n) is 4.34. The molecule has 1 aromatic heterocycles. The van der Waals surface area contributed by atoms with Crippen molar-refractivity contribution in [3.05, 3.63) is 84.4 Å². The molecule has 120 valence electrons. The number of furan rings is 1. The van der Waals surface area contributed by atoms with Gasteiger partial charge in [-0.05, 0) is 30.5 Å². The van der Waals surface area contributed by atoms with Gasteiger partial charge in [0.2, 0.25) is 0 Å². The smallest absolute Gasteiger partial charge is 0.129 e. The summed E-state index contributed by atoms with van der Waals surface area (Å²) < 4.78 is 5.70. The summed E-state index contributed by atoms with van der Waals surface area (Å²) in [5.74, 6) is 1.50. The van der Waals surface area contributed by atoms with Crippen LogP contribution in [0.5, 0.6) is 0 Å². The van der Waals surface area contributed by atoms with Gasteiger partial charge in [0.15, 0.2) is 0 Å². The first-order valence-corrected chi connectivity index (χ1v) is 8.08. The molecule has 2 heterocycles. The van der Waals surface area contributed by atoms with E-state index in [-0.39, 0.29) is 12.6 Å². The van der Waals surface area contributed by atoms with Crippen LogP contribution in [0.15, 0.2) is 71.7 Å². The Bertz CT molecular complexity index is 659. The lowest BCUT2D eigenvalue weighted by atomic mass is 9.94. The van der Waals surface area contributed by atoms with Gasteiger partial charge in [0, 0.05) is 6.04 Å². The van der Waals surface area contributed by atoms with E-state index in [1.165, 1.54) is 5.56 Å². The molecule has 3 nitrogen and oxygen atoms in total. The number of nitrogens with zero attached hydrogens (tertiary/aromatic N) is 1. The van der Waals surface area contributed by atoms with Gasteiger partial charge >= 0.3 is 0 Å². The van der Waals surface area contributed by atoms with Gasteiger partial charge in [0.25, 0.3) is 0 Å². The van der Waals surface area contributed by atoms with E-state index in [1.54, 1.807) is 0 Å². The molecule has 0 radical (unpaired) electrons. The Morgan fingerprint density at radius 2 is 1.96 bits per heavy atom. The molecule has 0 fully saturated rings. The van der Waals surface area contributed by atoms with E-state index in [0.717, 1.165) is 25.1 Å². The lowest BCUT2D eigenvalue weighted by Gasteiger charge is -2.38. The van der Waals surface area contributed by atoms with Crippen molar-refractivity contribution in [2.24, 2.45) is 0 Å². The fourth-order valence-electron chi connectivity index (χ4n) is 3.21. The summed E-state index contributed by atoms with van der Waals surface area (Å²) in [6.07, 6.45) is 8.48. The summed E-state index contributed by atoms with van der Waals surface area (Å²) in [7, 11) is 0. The number of aliphatic hydroxyl groups excluding tert-OH is 1. The molecule has 1 aliphatic heterocycles. The maximum Gasteiger partial charge on any atom is 0.129 e. The number of aliphatic hydroxyl groups is 1. The van der Waals surface area contributed by atoms with Crippen LogP contribution in [0.2, 0.25) is 0 Å². The zero-order valence-corrected chi connectivity index (χ0v) is 13.3. The molecule has 3 heteroatoms. The topological polar surface area (TPSA) is 36.6 Å². The predicted octanol–water partition coefficient (Wildman–Crippen LogP) is 4.22. The van der Waals surface area contributed by atoms with Crippen LogP contribution in [0.3, 0.4) is 0 Å². The fourth-order valence-corrected chi connectivity index (χ4v) is 3.21. The lowest BCUT2D eigenvalue weighted by molar-refractivity contribution is 0.127. The van der Waals surface area contributed by atoms with Crippen molar-refractivity contribution in [3.63, 3.8) is 0 Å². The van der Waals surface area contributed by atoms with Crippen molar-refractivity contribution < 1.29 is 9.52 Å². The van der Waals surface area contributed by atoms with E-state index in [1.807, 2.05) is 24.3 Å². The van der Waals surface area contributed by atoms with Crippen LogP contribution in [0, 0.1) is 0 Å². The van der Waals surface area contributed by atoms with Crippen LogP contribution in [-0.2, 0) is 13.2 Å². The molecule has 2 aromatic rings. The van der Waals surface area contributed by atoms with Gasteiger partial charge in [-0.1, -0.05) is 48.6 Å². The monoisotopic (exact) mass is 309 g/mol. The molecule has 1 N–H and O–H groups in total. The van der Waals surface area contributed by atoms with Crippen molar-refractivity contribution in [1.29, 1.82) is 0 Å². The fraction of sp³-hybridized carbons (Fsp3) is 0.300. The van der Waals surface area contributed by atoms with Crippen LogP contribution in [0.4, 0.5) is 0 Å². The molecule has 0 unspecified atom stereocenters. The molecule has 1 aliphatic rings. The molecule has 0 amide bonds. The summed E-state index contributed by atoms with van der Waals surface area (Å²) in [6.45, 7) is 4.57. The summed E-state index contributed by atoms with van der Waals surface area (Å²) in [4.78, 5) is 2.46. The van der Waals surface area contributed by atoms with Crippen molar-refractivity contribution >= 4 is 0 Å². The molecular formula is C20H23NO2. The van der Waals surface area contributed by atoms with Crippen molar-refractivity contribution in [2.45, 2.75) is 38.1 Å². The van der Waals surface area contributed by atoms with Gasteiger partial charge in [-0.2, -0.15) is 0 Å². The largest absolute Gasteiger partial charge is 0.462 e. The maximum atomic E-state index is 9.19.